The van der Waals surface area contributed by atoms with E-state index in [0.29, 0.717) is 12.6 Å². The minimum absolute atomic E-state index is 0.337. The van der Waals surface area contributed by atoms with Gasteiger partial charge in [-0.2, -0.15) is 0 Å². The molecule has 98 valence electrons. The molecule has 0 aromatic rings. The zero-order valence-electron chi connectivity index (χ0n) is 11.3. The highest BCUT2D eigenvalue weighted by Crippen LogP contribution is 2.37. The van der Waals surface area contributed by atoms with E-state index in [2.05, 4.69) is 27.7 Å². The van der Waals surface area contributed by atoms with Gasteiger partial charge in [-0.25, -0.2) is 0 Å². The van der Waals surface area contributed by atoms with Gasteiger partial charge in [0.1, 0.15) is 0 Å². The highest BCUT2D eigenvalue weighted by Gasteiger charge is 2.26. The van der Waals surface area contributed by atoms with Gasteiger partial charge < -0.3 is 9.38 Å². The predicted octanol–water partition coefficient (Wildman–Crippen LogP) is 2.68. The fraction of sp³-hybridized carbons (Fsp3) is 1.00. The molecule has 1 unspecified atom stereocenters. The van der Waals surface area contributed by atoms with Gasteiger partial charge in [-0.15, -0.1) is 0 Å². The lowest BCUT2D eigenvalue weighted by Gasteiger charge is -2.36. The highest BCUT2D eigenvalue weighted by molar-refractivity contribution is 7.51. The maximum atomic E-state index is 11.2. The van der Waals surface area contributed by atoms with Crippen LogP contribution in [-0.4, -0.2) is 42.4 Å². The summed E-state index contributed by atoms with van der Waals surface area (Å²) in [5.74, 6) is 0.651. The van der Waals surface area contributed by atoms with Crippen LogP contribution in [-0.2, 0) is 9.09 Å². The lowest BCUT2D eigenvalue weighted by Crippen LogP contribution is -2.50. The van der Waals surface area contributed by atoms with Gasteiger partial charge in [0.15, 0.2) is 6.73 Å². The molecule has 0 aliphatic carbocycles. The maximum absolute atomic E-state index is 11.2. The number of hydrogen-bond donors (Lipinski definition) is 1. The SMILES string of the molecule is CC[N+](CC)(CCC(C)C)COP(C)(=O)O. The number of hydrogen-bond acceptors (Lipinski definition) is 2. The third kappa shape index (κ3) is 6.64. The van der Waals surface area contributed by atoms with Gasteiger partial charge in [-0.1, -0.05) is 13.8 Å². The van der Waals surface area contributed by atoms with E-state index >= 15 is 0 Å². The van der Waals surface area contributed by atoms with E-state index in [0.717, 1.165) is 30.5 Å². The molecule has 5 heteroatoms. The number of nitrogens with zero attached hydrogens (tertiary/aromatic N) is 1. The molecule has 0 aliphatic rings. The minimum Gasteiger partial charge on any atom is -0.324 e. The molecule has 0 rings (SSSR count). The van der Waals surface area contributed by atoms with Crippen molar-refractivity contribution in [2.75, 3.05) is 33.0 Å². The maximum Gasteiger partial charge on any atom is 0.329 e. The van der Waals surface area contributed by atoms with Crippen molar-refractivity contribution in [1.29, 1.82) is 0 Å². The molecular weight excluding hydrogens is 225 g/mol. The summed E-state index contributed by atoms with van der Waals surface area (Å²) in [5, 5.41) is 0. The topological polar surface area (TPSA) is 46.5 Å². The molecule has 1 N–H and O–H groups in total. The summed E-state index contributed by atoms with van der Waals surface area (Å²) >= 11 is 0. The lowest BCUT2D eigenvalue weighted by atomic mass is 10.1. The van der Waals surface area contributed by atoms with E-state index in [4.69, 9.17) is 4.52 Å². The molecule has 0 saturated carbocycles. The van der Waals surface area contributed by atoms with Crippen molar-refractivity contribution in [2.24, 2.45) is 5.92 Å². The zero-order valence-corrected chi connectivity index (χ0v) is 12.2. The van der Waals surface area contributed by atoms with Gasteiger partial charge in [-0.3, -0.25) is 9.09 Å². The Balaban J connectivity index is 4.37. The van der Waals surface area contributed by atoms with Gasteiger partial charge >= 0.3 is 7.60 Å². The standard InChI is InChI=1S/C11H26NO3P/c1-6-12(7-2,9-8-11(3)4)10-15-16(5,13)14/h11H,6-10H2,1-5H3/p+1. The third-order valence-electron chi connectivity index (χ3n) is 3.09. The molecule has 0 spiro atoms. The molecule has 0 fully saturated rings. The second kappa shape index (κ2) is 6.75. The second-order valence-electron chi connectivity index (χ2n) is 4.94. The van der Waals surface area contributed by atoms with Gasteiger partial charge in [-0.05, 0) is 26.2 Å². The van der Waals surface area contributed by atoms with Gasteiger partial charge in [0.05, 0.1) is 19.6 Å². The lowest BCUT2D eigenvalue weighted by molar-refractivity contribution is -0.940. The van der Waals surface area contributed by atoms with Crippen LogP contribution in [0, 0.1) is 5.92 Å². The fourth-order valence-corrected chi connectivity index (χ4v) is 2.01. The minimum atomic E-state index is -3.35. The second-order valence-corrected chi connectivity index (χ2v) is 6.81. The van der Waals surface area contributed by atoms with Gasteiger partial charge in [0, 0.05) is 6.66 Å². The Morgan fingerprint density at radius 3 is 2.12 bits per heavy atom. The number of rotatable bonds is 8. The zero-order chi connectivity index (χ0) is 12.8. The van der Waals surface area contributed by atoms with Crippen LogP contribution in [0.2, 0.25) is 0 Å². The highest BCUT2D eigenvalue weighted by atomic mass is 31.2. The number of quaternary nitrogens is 1. The molecular formula is C11H27NO3P+. The molecule has 0 heterocycles. The first-order chi connectivity index (χ1) is 7.24. The summed E-state index contributed by atoms with van der Waals surface area (Å²) in [5.41, 5.74) is 0. The Labute approximate surface area is 99.7 Å². The van der Waals surface area contributed by atoms with E-state index < -0.39 is 7.60 Å². The van der Waals surface area contributed by atoms with Crippen molar-refractivity contribution >= 4 is 7.60 Å². The van der Waals surface area contributed by atoms with Crippen molar-refractivity contribution < 1.29 is 18.5 Å². The summed E-state index contributed by atoms with van der Waals surface area (Å²) in [6, 6.07) is 0. The Hall–Kier alpha value is 0.110. The van der Waals surface area contributed by atoms with Crippen molar-refractivity contribution in [3.05, 3.63) is 0 Å². The Morgan fingerprint density at radius 2 is 1.81 bits per heavy atom. The van der Waals surface area contributed by atoms with Crippen LogP contribution in [0.25, 0.3) is 0 Å². The summed E-state index contributed by atoms with van der Waals surface area (Å²) in [4.78, 5) is 9.17. The monoisotopic (exact) mass is 252 g/mol. The molecule has 0 aliphatic heterocycles. The van der Waals surface area contributed by atoms with Crippen LogP contribution in [0.1, 0.15) is 34.1 Å². The first-order valence-corrected chi connectivity index (χ1v) is 8.07. The first kappa shape index (κ1) is 16.1. The van der Waals surface area contributed by atoms with Crippen molar-refractivity contribution in [1.82, 2.24) is 0 Å². The molecule has 1 atom stereocenters. The van der Waals surface area contributed by atoms with E-state index in [-0.39, 0.29) is 0 Å². The normalized spacial score (nSPS) is 16.4. The fourth-order valence-electron chi connectivity index (χ4n) is 1.55. The van der Waals surface area contributed by atoms with Crippen LogP contribution in [0.15, 0.2) is 0 Å². The first-order valence-electron chi connectivity index (χ1n) is 6.04. The molecule has 0 bridgehead atoms. The van der Waals surface area contributed by atoms with Crippen molar-refractivity contribution in [2.45, 2.75) is 34.1 Å². The summed E-state index contributed by atoms with van der Waals surface area (Å²) in [7, 11) is -3.35. The summed E-state index contributed by atoms with van der Waals surface area (Å²) in [6.45, 7) is 13.0. The van der Waals surface area contributed by atoms with Crippen molar-refractivity contribution in [3.8, 4) is 0 Å². The molecule has 4 nitrogen and oxygen atoms in total. The molecule has 0 saturated heterocycles. The smallest absolute Gasteiger partial charge is 0.324 e. The summed E-state index contributed by atoms with van der Waals surface area (Å²) in [6.07, 6.45) is 1.12. The largest absolute Gasteiger partial charge is 0.329 e. The average Bonchev–Trinajstić information content (AvgIpc) is 2.18. The van der Waals surface area contributed by atoms with Crippen LogP contribution in [0.3, 0.4) is 0 Å². The van der Waals surface area contributed by atoms with Crippen LogP contribution < -0.4 is 0 Å². The summed E-state index contributed by atoms with van der Waals surface area (Å²) < 4.78 is 17.0. The van der Waals surface area contributed by atoms with Crippen molar-refractivity contribution in [3.63, 3.8) is 0 Å². The van der Waals surface area contributed by atoms with Crippen LogP contribution in [0.4, 0.5) is 0 Å². The average molecular weight is 252 g/mol. The molecule has 0 aromatic heterocycles. The van der Waals surface area contributed by atoms with E-state index in [1.807, 2.05) is 0 Å². The molecule has 16 heavy (non-hydrogen) atoms. The van der Waals surface area contributed by atoms with Crippen LogP contribution >= 0.6 is 7.60 Å². The predicted molar refractivity (Wildman–Crippen MR) is 67.4 cm³/mol. The van der Waals surface area contributed by atoms with E-state index in [9.17, 15) is 9.46 Å². The van der Waals surface area contributed by atoms with E-state index in [1.54, 1.807) is 0 Å². The van der Waals surface area contributed by atoms with Gasteiger partial charge in [0.2, 0.25) is 0 Å². The Morgan fingerprint density at radius 1 is 1.31 bits per heavy atom. The molecule has 0 radical (unpaired) electrons. The quantitative estimate of drug-likeness (QED) is 0.410. The molecule has 0 aromatic carbocycles. The van der Waals surface area contributed by atoms with Gasteiger partial charge in [0.25, 0.3) is 0 Å². The van der Waals surface area contributed by atoms with E-state index in [1.165, 1.54) is 6.66 Å². The Kier molecular flexibility index (Phi) is 6.80. The van der Waals surface area contributed by atoms with Crippen LogP contribution in [0.5, 0.6) is 0 Å². The Bertz CT molecular complexity index is 233. The molecule has 0 amide bonds. The third-order valence-corrected chi connectivity index (χ3v) is 3.69.